The SMILES string of the molecule is C#CCNC(=O)c1cccc(S(=O)(=O)N(C)OC)c1. The minimum absolute atomic E-state index is 0.0368. The van der Waals surface area contributed by atoms with Crippen LogP contribution in [0, 0.1) is 12.3 Å². The fourth-order valence-corrected chi connectivity index (χ4v) is 2.30. The van der Waals surface area contributed by atoms with Gasteiger partial charge >= 0.3 is 0 Å². The predicted molar refractivity (Wildman–Crippen MR) is 69.6 cm³/mol. The maximum atomic E-state index is 12.0. The van der Waals surface area contributed by atoms with Crippen molar-refractivity contribution in [1.82, 2.24) is 9.79 Å². The lowest BCUT2D eigenvalue weighted by atomic mass is 10.2. The molecule has 0 bridgehead atoms. The molecule has 102 valence electrons. The first-order valence-corrected chi connectivity index (χ1v) is 6.72. The van der Waals surface area contributed by atoms with Crippen molar-refractivity contribution >= 4 is 15.9 Å². The van der Waals surface area contributed by atoms with E-state index in [4.69, 9.17) is 6.42 Å². The van der Waals surface area contributed by atoms with Gasteiger partial charge in [-0.3, -0.25) is 9.63 Å². The van der Waals surface area contributed by atoms with Crippen LogP contribution in [0.15, 0.2) is 29.2 Å². The molecule has 0 aromatic heterocycles. The molecule has 0 spiro atoms. The molecule has 0 saturated carbocycles. The highest BCUT2D eigenvalue weighted by molar-refractivity contribution is 7.89. The number of rotatable bonds is 5. The van der Waals surface area contributed by atoms with Gasteiger partial charge in [0.2, 0.25) is 0 Å². The summed E-state index contributed by atoms with van der Waals surface area (Å²) in [5.41, 5.74) is 0.209. The predicted octanol–water partition coefficient (Wildman–Crippen LogP) is 0.232. The molecule has 6 nitrogen and oxygen atoms in total. The summed E-state index contributed by atoms with van der Waals surface area (Å²) >= 11 is 0. The van der Waals surface area contributed by atoms with E-state index in [1.165, 1.54) is 38.4 Å². The summed E-state index contributed by atoms with van der Waals surface area (Å²) in [6, 6.07) is 5.61. The van der Waals surface area contributed by atoms with Crippen LogP contribution in [0.25, 0.3) is 0 Å². The summed E-state index contributed by atoms with van der Waals surface area (Å²) in [5.74, 6) is 1.83. The quantitative estimate of drug-likeness (QED) is 0.619. The van der Waals surface area contributed by atoms with Gasteiger partial charge < -0.3 is 5.32 Å². The number of hydrogen-bond donors (Lipinski definition) is 1. The van der Waals surface area contributed by atoms with Crippen LogP contribution in [0.1, 0.15) is 10.4 Å². The monoisotopic (exact) mass is 282 g/mol. The Morgan fingerprint density at radius 2 is 2.21 bits per heavy atom. The minimum Gasteiger partial charge on any atom is -0.341 e. The van der Waals surface area contributed by atoms with Crippen molar-refractivity contribution in [2.24, 2.45) is 0 Å². The zero-order valence-electron chi connectivity index (χ0n) is 10.6. The molecule has 1 amide bonds. The zero-order valence-corrected chi connectivity index (χ0v) is 11.4. The molecular formula is C12H14N2O4S. The molecule has 0 aliphatic heterocycles. The van der Waals surface area contributed by atoms with Crippen molar-refractivity contribution in [3.63, 3.8) is 0 Å². The highest BCUT2D eigenvalue weighted by Crippen LogP contribution is 2.15. The number of terminal acetylenes is 1. The average molecular weight is 282 g/mol. The van der Waals surface area contributed by atoms with Gasteiger partial charge in [0.25, 0.3) is 15.9 Å². The topological polar surface area (TPSA) is 75.7 Å². The first-order valence-electron chi connectivity index (χ1n) is 5.28. The second-order valence-corrected chi connectivity index (χ2v) is 5.45. The van der Waals surface area contributed by atoms with Gasteiger partial charge in [-0.2, -0.15) is 0 Å². The molecule has 1 N–H and O–H groups in total. The average Bonchev–Trinajstić information content (AvgIpc) is 2.43. The van der Waals surface area contributed by atoms with E-state index in [9.17, 15) is 13.2 Å². The zero-order chi connectivity index (χ0) is 14.5. The third-order valence-corrected chi connectivity index (χ3v) is 4.02. The number of carbonyl (C=O) groups is 1. The number of sulfonamides is 1. The normalized spacial score (nSPS) is 11.1. The Morgan fingerprint density at radius 3 is 2.79 bits per heavy atom. The second-order valence-electron chi connectivity index (χ2n) is 3.51. The molecule has 0 atom stereocenters. The molecule has 7 heteroatoms. The van der Waals surface area contributed by atoms with E-state index in [0.29, 0.717) is 4.47 Å². The van der Waals surface area contributed by atoms with Crippen molar-refractivity contribution in [3.8, 4) is 12.3 Å². The third-order valence-electron chi connectivity index (χ3n) is 2.34. The molecule has 19 heavy (non-hydrogen) atoms. The van der Waals surface area contributed by atoms with E-state index in [0.717, 1.165) is 0 Å². The summed E-state index contributed by atoms with van der Waals surface area (Å²) in [4.78, 5) is 16.3. The Morgan fingerprint density at radius 1 is 1.53 bits per heavy atom. The molecule has 0 heterocycles. The van der Waals surface area contributed by atoms with Gasteiger partial charge in [-0.25, -0.2) is 8.42 Å². The van der Waals surface area contributed by atoms with Gasteiger partial charge in [-0.05, 0) is 18.2 Å². The number of carbonyl (C=O) groups excluding carboxylic acids is 1. The van der Waals surface area contributed by atoms with Gasteiger partial charge in [0.15, 0.2) is 0 Å². The number of benzene rings is 1. The summed E-state index contributed by atoms with van der Waals surface area (Å²) < 4.78 is 24.7. The molecule has 0 radical (unpaired) electrons. The lowest BCUT2D eigenvalue weighted by Gasteiger charge is -2.14. The fourth-order valence-electron chi connectivity index (χ4n) is 1.28. The van der Waals surface area contributed by atoms with Crippen LogP contribution in [0.4, 0.5) is 0 Å². The van der Waals surface area contributed by atoms with Crippen LogP contribution >= 0.6 is 0 Å². The Hall–Kier alpha value is -1.88. The lowest BCUT2D eigenvalue weighted by Crippen LogP contribution is -2.27. The molecule has 1 aromatic rings. The standard InChI is InChI=1S/C12H14N2O4S/c1-4-8-13-12(15)10-6-5-7-11(9-10)19(16,17)14(2)18-3/h1,5-7,9H,8H2,2-3H3,(H,13,15). The largest absolute Gasteiger partial charge is 0.341 e. The third kappa shape index (κ3) is 3.54. The number of hydroxylamine groups is 1. The molecule has 0 unspecified atom stereocenters. The number of hydrogen-bond acceptors (Lipinski definition) is 4. The van der Waals surface area contributed by atoms with E-state index in [2.05, 4.69) is 16.1 Å². The van der Waals surface area contributed by atoms with Crippen LogP contribution in [0.3, 0.4) is 0 Å². The second kappa shape index (κ2) is 6.33. The van der Waals surface area contributed by atoms with Crippen molar-refractivity contribution < 1.29 is 18.0 Å². The smallest absolute Gasteiger partial charge is 0.264 e. The van der Waals surface area contributed by atoms with Gasteiger partial charge in [0.1, 0.15) is 0 Å². The molecule has 0 aliphatic rings. The summed E-state index contributed by atoms with van der Waals surface area (Å²) in [7, 11) is -1.27. The van der Waals surface area contributed by atoms with Crippen LogP contribution in [-0.4, -0.2) is 39.5 Å². The first-order chi connectivity index (χ1) is 8.93. The Labute approximate surface area is 112 Å². The molecule has 1 rings (SSSR count). The van der Waals surface area contributed by atoms with Crippen molar-refractivity contribution in [3.05, 3.63) is 29.8 Å². The fraction of sp³-hybridized carbons (Fsp3) is 0.250. The highest BCUT2D eigenvalue weighted by Gasteiger charge is 2.21. The van der Waals surface area contributed by atoms with Gasteiger partial charge in [0, 0.05) is 12.6 Å². The highest BCUT2D eigenvalue weighted by atomic mass is 32.2. The maximum absolute atomic E-state index is 12.0. The van der Waals surface area contributed by atoms with Gasteiger partial charge in [0.05, 0.1) is 18.6 Å². The summed E-state index contributed by atoms with van der Waals surface area (Å²) in [6.07, 6.45) is 5.03. The molecular weight excluding hydrogens is 268 g/mol. The number of amides is 1. The Balaban J connectivity index is 3.08. The molecule has 0 fully saturated rings. The molecule has 0 aliphatic carbocycles. The maximum Gasteiger partial charge on any atom is 0.264 e. The van der Waals surface area contributed by atoms with E-state index < -0.39 is 15.9 Å². The van der Waals surface area contributed by atoms with Crippen molar-refractivity contribution in [2.75, 3.05) is 20.7 Å². The first kappa shape index (κ1) is 15.2. The van der Waals surface area contributed by atoms with E-state index in [1.807, 2.05) is 0 Å². The summed E-state index contributed by atoms with van der Waals surface area (Å²) in [6.45, 7) is 0.0772. The van der Waals surface area contributed by atoms with Crippen LogP contribution in [0.5, 0.6) is 0 Å². The van der Waals surface area contributed by atoms with Crippen molar-refractivity contribution in [1.29, 1.82) is 0 Å². The summed E-state index contributed by atoms with van der Waals surface area (Å²) in [5, 5.41) is 2.46. The lowest BCUT2D eigenvalue weighted by molar-refractivity contribution is -0.0258. The van der Waals surface area contributed by atoms with E-state index in [-0.39, 0.29) is 17.0 Å². The van der Waals surface area contributed by atoms with Crippen molar-refractivity contribution in [2.45, 2.75) is 4.90 Å². The van der Waals surface area contributed by atoms with E-state index in [1.54, 1.807) is 0 Å². The Bertz CT molecular complexity index is 604. The molecule has 0 saturated heterocycles. The Kier molecular flexibility index (Phi) is 5.06. The van der Waals surface area contributed by atoms with Gasteiger partial charge in [-0.1, -0.05) is 16.5 Å². The van der Waals surface area contributed by atoms with Gasteiger partial charge in [-0.15, -0.1) is 6.42 Å². The van der Waals surface area contributed by atoms with Crippen LogP contribution < -0.4 is 5.32 Å². The van der Waals surface area contributed by atoms with Crippen LogP contribution in [0.2, 0.25) is 0 Å². The van der Waals surface area contributed by atoms with E-state index >= 15 is 0 Å². The van der Waals surface area contributed by atoms with Crippen LogP contribution in [-0.2, 0) is 14.9 Å². The number of nitrogens with zero attached hydrogens (tertiary/aromatic N) is 1. The minimum atomic E-state index is -3.77. The molecule has 1 aromatic carbocycles. The number of nitrogens with one attached hydrogen (secondary N) is 1.